The molecule has 8 heteroatoms. The van der Waals surface area contributed by atoms with Gasteiger partial charge < -0.3 is 11.1 Å². The zero-order valence-electron chi connectivity index (χ0n) is 14.2. The van der Waals surface area contributed by atoms with Crippen LogP contribution in [0.15, 0.2) is 24.7 Å². The second-order valence-electron chi connectivity index (χ2n) is 7.32. The minimum absolute atomic E-state index is 0.0192. The molecule has 26 heavy (non-hydrogen) atoms. The molecule has 2 heterocycles. The van der Waals surface area contributed by atoms with E-state index in [4.69, 9.17) is 28.9 Å². The molecular formula is C18H21Cl2N5O. The van der Waals surface area contributed by atoms with E-state index in [1.165, 1.54) is 17.3 Å². The van der Waals surface area contributed by atoms with E-state index in [0.29, 0.717) is 33.4 Å². The molecule has 2 fully saturated rings. The molecule has 2 saturated carbocycles. The molecule has 2 atom stereocenters. The van der Waals surface area contributed by atoms with Gasteiger partial charge in [0.15, 0.2) is 5.82 Å². The lowest BCUT2D eigenvalue weighted by molar-refractivity contribution is -0.122. The molecule has 2 unspecified atom stereocenters. The molecular weight excluding hydrogens is 373 g/mol. The van der Waals surface area contributed by atoms with Gasteiger partial charge in [-0.3, -0.25) is 4.79 Å². The van der Waals surface area contributed by atoms with Gasteiger partial charge in [0.2, 0.25) is 5.91 Å². The van der Waals surface area contributed by atoms with Gasteiger partial charge in [0.05, 0.1) is 28.1 Å². The van der Waals surface area contributed by atoms with Gasteiger partial charge >= 0.3 is 0 Å². The molecule has 6 nitrogen and oxygen atoms in total. The van der Waals surface area contributed by atoms with Gasteiger partial charge in [0.1, 0.15) is 0 Å². The molecule has 4 rings (SSSR count). The number of hydrogen-bond donors (Lipinski definition) is 2. The Hall–Kier alpha value is -1.63. The SMILES string of the molecule is NC1C2CCCC1CC(C(=O)Nc1cnn(-c3ncc(Cl)cc3Cl)c1)C2. The third-order valence-corrected chi connectivity index (χ3v) is 6.12. The lowest BCUT2D eigenvalue weighted by atomic mass is 9.65. The van der Waals surface area contributed by atoms with Crippen molar-refractivity contribution in [3.8, 4) is 5.82 Å². The highest BCUT2D eigenvalue weighted by atomic mass is 35.5. The fourth-order valence-corrected chi connectivity index (χ4v) is 4.79. The monoisotopic (exact) mass is 393 g/mol. The number of pyridine rings is 1. The number of carbonyl (C=O) groups is 1. The molecule has 2 aliphatic rings. The van der Waals surface area contributed by atoms with Gasteiger partial charge in [0.25, 0.3) is 0 Å². The van der Waals surface area contributed by atoms with Crippen LogP contribution in [0.25, 0.3) is 5.82 Å². The van der Waals surface area contributed by atoms with Gasteiger partial charge in [-0.05, 0) is 43.6 Å². The molecule has 2 aromatic rings. The third kappa shape index (κ3) is 3.46. The van der Waals surface area contributed by atoms with E-state index in [-0.39, 0.29) is 17.9 Å². The first-order chi connectivity index (χ1) is 12.5. The maximum atomic E-state index is 12.7. The highest BCUT2D eigenvalue weighted by Crippen LogP contribution is 2.42. The Bertz CT molecular complexity index is 810. The van der Waals surface area contributed by atoms with Crippen LogP contribution in [0, 0.1) is 17.8 Å². The van der Waals surface area contributed by atoms with Crippen LogP contribution in [0.2, 0.25) is 10.0 Å². The first kappa shape index (κ1) is 17.8. The number of fused-ring (bicyclic) bond motifs is 2. The van der Waals surface area contributed by atoms with Crippen molar-refractivity contribution in [3.05, 3.63) is 34.7 Å². The van der Waals surface area contributed by atoms with E-state index in [0.717, 1.165) is 25.7 Å². The highest BCUT2D eigenvalue weighted by molar-refractivity contribution is 6.35. The zero-order chi connectivity index (χ0) is 18.3. The van der Waals surface area contributed by atoms with Gasteiger partial charge in [-0.2, -0.15) is 5.10 Å². The molecule has 1 amide bonds. The summed E-state index contributed by atoms with van der Waals surface area (Å²) in [4.78, 5) is 16.9. The minimum atomic E-state index is 0.0192. The molecule has 3 N–H and O–H groups in total. The van der Waals surface area contributed by atoms with E-state index in [1.54, 1.807) is 18.5 Å². The molecule has 0 saturated heterocycles. The van der Waals surface area contributed by atoms with Crippen LogP contribution in [0.1, 0.15) is 32.1 Å². The summed E-state index contributed by atoms with van der Waals surface area (Å²) >= 11 is 12.0. The van der Waals surface area contributed by atoms with Crippen molar-refractivity contribution < 1.29 is 4.79 Å². The summed E-state index contributed by atoms with van der Waals surface area (Å²) < 4.78 is 1.53. The number of nitrogens with one attached hydrogen (secondary N) is 1. The van der Waals surface area contributed by atoms with Crippen LogP contribution in [0.4, 0.5) is 5.69 Å². The topological polar surface area (TPSA) is 85.8 Å². The first-order valence-electron chi connectivity index (χ1n) is 8.94. The first-order valence-corrected chi connectivity index (χ1v) is 9.69. The number of nitrogens with zero attached hydrogens (tertiary/aromatic N) is 3. The van der Waals surface area contributed by atoms with Crippen molar-refractivity contribution in [2.45, 2.75) is 38.1 Å². The quantitative estimate of drug-likeness (QED) is 0.832. The summed E-state index contributed by atoms with van der Waals surface area (Å²) in [5.74, 6) is 1.47. The summed E-state index contributed by atoms with van der Waals surface area (Å²) in [5.41, 5.74) is 6.95. The van der Waals surface area contributed by atoms with E-state index < -0.39 is 0 Å². The van der Waals surface area contributed by atoms with Crippen molar-refractivity contribution >= 4 is 34.8 Å². The Morgan fingerprint density at radius 1 is 1.23 bits per heavy atom. The Morgan fingerprint density at radius 3 is 2.65 bits per heavy atom. The molecule has 0 spiro atoms. The van der Waals surface area contributed by atoms with Crippen molar-refractivity contribution in [2.75, 3.05) is 5.32 Å². The molecule has 2 aliphatic carbocycles. The molecule has 0 aromatic carbocycles. The Balaban J connectivity index is 1.45. The Kier molecular flexibility index (Phi) is 4.90. The summed E-state index contributed by atoms with van der Waals surface area (Å²) in [5, 5.41) is 8.07. The van der Waals surface area contributed by atoms with Gasteiger partial charge in [-0.15, -0.1) is 0 Å². The molecule has 2 bridgehead atoms. The molecule has 138 valence electrons. The largest absolute Gasteiger partial charge is 0.327 e. The van der Waals surface area contributed by atoms with Crippen molar-refractivity contribution in [1.29, 1.82) is 0 Å². The molecule has 0 aliphatic heterocycles. The Morgan fingerprint density at radius 2 is 1.96 bits per heavy atom. The normalized spacial score (nSPS) is 28.0. The minimum Gasteiger partial charge on any atom is -0.327 e. The van der Waals surface area contributed by atoms with Crippen LogP contribution in [0.3, 0.4) is 0 Å². The van der Waals surface area contributed by atoms with Crippen molar-refractivity contribution in [3.63, 3.8) is 0 Å². The second kappa shape index (κ2) is 7.18. The van der Waals surface area contributed by atoms with Crippen LogP contribution in [0.5, 0.6) is 0 Å². The third-order valence-electron chi connectivity index (χ3n) is 5.64. The van der Waals surface area contributed by atoms with Gasteiger partial charge in [-0.25, -0.2) is 9.67 Å². The van der Waals surface area contributed by atoms with Crippen LogP contribution < -0.4 is 11.1 Å². The molecule has 0 radical (unpaired) electrons. The van der Waals surface area contributed by atoms with Crippen LogP contribution in [-0.4, -0.2) is 26.7 Å². The number of anilines is 1. The van der Waals surface area contributed by atoms with E-state index in [1.807, 2.05) is 0 Å². The fourth-order valence-electron chi connectivity index (χ4n) is 4.33. The van der Waals surface area contributed by atoms with Crippen LogP contribution in [-0.2, 0) is 4.79 Å². The van der Waals surface area contributed by atoms with Crippen molar-refractivity contribution in [1.82, 2.24) is 14.8 Å². The molecule has 2 aromatic heterocycles. The summed E-state index contributed by atoms with van der Waals surface area (Å²) in [7, 11) is 0. The predicted molar refractivity (Wildman–Crippen MR) is 102 cm³/mol. The highest BCUT2D eigenvalue weighted by Gasteiger charge is 2.40. The maximum absolute atomic E-state index is 12.7. The van der Waals surface area contributed by atoms with Gasteiger partial charge in [-0.1, -0.05) is 29.6 Å². The standard InChI is InChI=1S/C18H21Cl2N5O/c19-13-6-15(20)17(22-7-13)25-9-14(8-23-25)24-18(26)12-4-10-2-1-3-11(5-12)16(10)21/h6-12,16H,1-5,21H2,(H,24,26). The predicted octanol–water partition coefficient (Wildman–Crippen LogP) is 3.67. The number of hydrogen-bond acceptors (Lipinski definition) is 4. The van der Waals surface area contributed by atoms with Crippen molar-refractivity contribution in [2.24, 2.45) is 23.5 Å². The lowest BCUT2D eigenvalue weighted by Gasteiger charge is -2.43. The van der Waals surface area contributed by atoms with E-state index in [9.17, 15) is 4.79 Å². The summed E-state index contributed by atoms with van der Waals surface area (Å²) in [6.07, 6.45) is 10.1. The number of aromatic nitrogens is 3. The zero-order valence-corrected chi connectivity index (χ0v) is 15.7. The van der Waals surface area contributed by atoms with Gasteiger partial charge in [0, 0.05) is 18.2 Å². The van der Waals surface area contributed by atoms with E-state index in [2.05, 4.69) is 15.4 Å². The second-order valence-corrected chi connectivity index (χ2v) is 8.16. The average Bonchev–Trinajstić information content (AvgIpc) is 3.02. The number of nitrogens with two attached hydrogens (primary N) is 1. The Labute approximate surface area is 162 Å². The number of halogens is 2. The number of carbonyl (C=O) groups excluding carboxylic acids is 1. The number of amides is 1. The summed E-state index contributed by atoms with van der Waals surface area (Å²) in [6.45, 7) is 0. The maximum Gasteiger partial charge on any atom is 0.227 e. The summed E-state index contributed by atoms with van der Waals surface area (Å²) in [6, 6.07) is 1.86. The lowest BCUT2D eigenvalue weighted by Crippen LogP contribution is -2.48. The fraction of sp³-hybridized carbons (Fsp3) is 0.500. The van der Waals surface area contributed by atoms with Crippen LogP contribution >= 0.6 is 23.2 Å². The average molecular weight is 394 g/mol. The smallest absolute Gasteiger partial charge is 0.227 e. The number of rotatable bonds is 3. The van der Waals surface area contributed by atoms with E-state index >= 15 is 0 Å².